The topological polar surface area (TPSA) is 89.8 Å². The van der Waals surface area contributed by atoms with Crippen LogP contribution in [0.15, 0.2) is 36.8 Å². The number of nitrogens with one attached hydrogen (secondary N) is 1. The lowest BCUT2D eigenvalue weighted by molar-refractivity contribution is 0.634. The van der Waals surface area contributed by atoms with Crippen molar-refractivity contribution in [1.29, 1.82) is 0 Å². The van der Waals surface area contributed by atoms with E-state index in [1.807, 2.05) is 6.07 Å². The molecule has 5 N–H and O–H groups in total. The minimum Gasteiger partial charge on any atom is -0.398 e. The molecular formula is C11H12ClN5. The van der Waals surface area contributed by atoms with Gasteiger partial charge in [0.25, 0.3) is 0 Å². The summed E-state index contributed by atoms with van der Waals surface area (Å²) >= 11 is 5.74. The van der Waals surface area contributed by atoms with Gasteiger partial charge in [-0.15, -0.1) is 0 Å². The van der Waals surface area contributed by atoms with E-state index in [0.29, 0.717) is 10.8 Å². The second kappa shape index (κ2) is 5.09. The second-order valence-electron chi connectivity index (χ2n) is 3.52. The fraction of sp³-hybridized carbons (Fsp3) is 0.0909. The van der Waals surface area contributed by atoms with Crippen LogP contribution in [0.25, 0.3) is 0 Å². The molecule has 5 nitrogen and oxygen atoms in total. The van der Waals surface area contributed by atoms with Gasteiger partial charge in [0.2, 0.25) is 0 Å². The van der Waals surface area contributed by atoms with E-state index in [0.717, 1.165) is 11.1 Å². The van der Waals surface area contributed by atoms with Gasteiger partial charge in [-0.05, 0) is 17.7 Å². The monoisotopic (exact) mass is 249 g/mol. The number of anilines is 1. The van der Waals surface area contributed by atoms with Crippen LogP contribution >= 0.6 is 11.6 Å². The van der Waals surface area contributed by atoms with Crippen molar-refractivity contribution in [3.63, 3.8) is 0 Å². The quantitative estimate of drug-likeness (QED) is 0.433. The van der Waals surface area contributed by atoms with E-state index in [1.165, 1.54) is 0 Å². The highest BCUT2D eigenvalue weighted by Crippen LogP contribution is 2.25. The Morgan fingerprint density at radius 1 is 1.24 bits per heavy atom. The van der Waals surface area contributed by atoms with Crippen molar-refractivity contribution in [2.24, 2.45) is 5.84 Å². The molecule has 2 rings (SSSR count). The predicted octanol–water partition coefficient (Wildman–Crippen LogP) is 1.26. The van der Waals surface area contributed by atoms with Gasteiger partial charge in [0.1, 0.15) is 5.15 Å². The van der Waals surface area contributed by atoms with Gasteiger partial charge in [-0.1, -0.05) is 17.7 Å². The Bertz CT molecular complexity index is 499. The van der Waals surface area contributed by atoms with Gasteiger partial charge in [0, 0.05) is 29.8 Å². The minimum absolute atomic E-state index is 0.256. The van der Waals surface area contributed by atoms with E-state index in [-0.39, 0.29) is 6.04 Å². The Morgan fingerprint density at radius 2 is 2.06 bits per heavy atom. The maximum atomic E-state index is 5.88. The molecule has 2 aromatic rings. The van der Waals surface area contributed by atoms with Crippen molar-refractivity contribution >= 4 is 17.3 Å². The zero-order valence-electron chi connectivity index (χ0n) is 8.97. The molecule has 0 bridgehead atoms. The third-order valence-corrected chi connectivity index (χ3v) is 2.67. The highest BCUT2D eigenvalue weighted by atomic mass is 35.5. The summed E-state index contributed by atoms with van der Waals surface area (Å²) in [6.45, 7) is 0. The molecule has 0 spiro atoms. The van der Waals surface area contributed by atoms with Gasteiger partial charge in [-0.25, -0.2) is 10.4 Å². The van der Waals surface area contributed by atoms with E-state index in [4.69, 9.17) is 23.2 Å². The molecule has 0 saturated heterocycles. The molecule has 88 valence electrons. The number of nitrogens with two attached hydrogens (primary N) is 2. The third-order valence-electron chi connectivity index (χ3n) is 2.45. The van der Waals surface area contributed by atoms with Gasteiger partial charge in [-0.3, -0.25) is 10.8 Å². The lowest BCUT2D eigenvalue weighted by Gasteiger charge is -2.17. The lowest BCUT2D eigenvalue weighted by Crippen LogP contribution is -2.29. The average Bonchev–Trinajstić information content (AvgIpc) is 2.35. The molecule has 0 radical (unpaired) electrons. The van der Waals surface area contributed by atoms with Crippen molar-refractivity contribution in [2.45, 2.75) is 6.04 Å². The normalized spacial score (nSPS) is 12.4. The number of hydrazine groups is 1. The smallest absolute Gasteiger partial charge is 0.129 e. The van der Waals surface area contributed by atoms with Gasteiger partial charge >= 0.3 is 0 Å². The van der Waals surface area contributed by atoms with Gasteiger partial charge in [-0.2, -0.15) is 0 Å². The number of aromatic nitrogens is 2. The van der Waals surface area contributed by atoms with Gasteiger partial charge in [0.15, 0.2) is 0 Å². The third kappa shape index (κ3) is 2.52. The molecule has 0 amide bonds. The highest BCUT2D eigenvalue weighted by Gasteiger charge is 2.15. The van der Waals surface area contributed by atoms with Crippen LogP contribution < -0.4 is 17.0 Å². The standard InChI is InChI=1S/C11H12ClN5/c12-10-2-1-7(5-16-10)11(17-14)8-6-15-4-3-9(8)13/h1-6,11,17H,14H2,(H2,13,15). The zero-order chi connectivity index (χ0) is 12.3. The summed E-state index contributed by atoms with van der Waals surface area (Å²) < 4.78 is 0. The average molecular weight is 250 g/mol. The van der Waals surface area contributed by atoms with Crippen molar-refractivity contribution < 1.29 is 0 Å². The van der Waals surface area contributed by atoms with Crippen molar-refractivity contribution in [3.05, 3.63) is 53.1 Å². The molecule has 0 fully saturated rings. The Hall–Kier alpha value is -1.69. The van der Waals surface area contributed by atoms with Gasteiger partial charge < -0.3 is 5.73 Å². The van der Waals surface area contributed by atoms with Crippen LogP contribution in [0.2, 0.25) is 5.15 Å². The van der Waals surface area contributed by atoms with E-state index >= 15 is 0 Å². The Morgan fingerprint density at radius 3 is 2.65 bits per heavy atom. The number of pyridine rings is 2. The number of hydrogen-bond donors (Lipinski definition) is 3. The molecule has 2 aromatic heterocycles. The molecule has 0 aliphatic heterocycles. The summed E-state index contributed by atoms with van der Waals surface area (Å²) in [7, 11) is 0. The summed E-state index contributed by atoms with van der Waals surface area (Å²) in [6.07, 6.45) is 4.96. The summed E-state index contributed by atoms with van der Waals surface area (Å²) in [5.41, 5.74) is 10.9. The Kier molecular flexibility index (Phi) is 3.53. The van der Waals surface area contributed by atoms with E-state index in [9.17, 15) is 0 Å². The molecular weight excluding hydrogens is 238 g/mol. The van der Waals surface area contributed by atoms with E-state index in [1.54, 1.807) is 30.7 Å². The SMILES string of the molecule is NNC(c1ccc(Cl)nc1)c1cnccc1N. The van der Waals surface area contributed by atoms with E-state index < -0.39 is 0 Å². The summed E-state index contributed by atoms with van der Waals surface area (Å²) in [5.74, 6) is 5.55. The van der Waals surface area contributed by atoms with Crippen LogP contribution in [0.5, 0.6) is 0 Å². The first-order valence-electron chi connectivity index (χ1n) is 4.99. The van der Waals surface area contributed by atoms with Crippen molar-refractivity contribution in [3.8, 4) is 0 Å². The highest BCUT2D eigenvalue weighted by molar-refractivity contribution is 6.29. The Balaban J connectivity index is 2.40. The molecule has 0 aliphatic rings. The zero-order valence-corrected chi connectivity index (χ0v) is 9.72. The largest absolute Gasteiger partial charge is 0.398 e. The number of nitrogen functional groups attached to an aromatic ring is 1. The molecule has 0 aliphatic carbocycles. The first-order valence-corrected chi connectivity index (χ1v) is 5.37. The van der Waals surface area contributed by atoms with Gasteiger partial charge in [0.05, 0.1) is 6.04 Å². The van der Waals surface area contributed by atoms with Crippen LogP contribution in [0.3, 0.4) is 0 Å². The fourth-order valence-electron chi connectivity index (χ4n) is 1.58. The summed E-state index contributed by atoms with van der Waals surface area (Å²) in [5, 5.41) is 0.434. The lowest BCUT2D eigenvalue weighted by atomic mass is 10.0. The van der Waals surface area contributed by atoms with Crippen LogP contribution in [0, 0.1) is 0 Å². The number of nitrogens with zero attached hydrogens (tertiary/aromatic N) is 2. The van der Waals surface area contributed by atoms with Crippen LogP contribution in [-0.4, -0.2) is 9.97 Å². The molecule has 17 heavy (non-hydrogen) atoms. The maximum Gasteiger partial charge on any atom is 0.129 e. The molecule has 0 aromatic carbocycles. The predicted molar refractivity (Wildman–Crippen MR) is 67.1 cm³/mol. The summed E-state index contributed by atoms with van der Waals surface area (Å²) in [6, 6.07) is 5.01. The molecule has 2 heterocycles. The minimum atomic E-state index is -0.256. The van der Waals surface area contributed by atoms with Crippen molar-refractivity contribution in [1.82, 2.24) is 15.4 Å². The molecule has 1 unspecified atom stereocenters. The van der Waals surface area contributed by atoms with Crippen LogP contribution in [-0.2, 0) is 0 Å². The molecule has 1 atom stereocenters. The number of hydrogen-bond acceptors (Lipinski definition) is 5. The fourth-order valence-corrected chi connectivity index (χ4v) is 1.69. The van der Waals surface area contributed by atoms with Crippen LogP contribution in [0.4, 0.5) is 5.69 Å². The molecule has 6 heteroatoms. The first-order chi connectivity index (χ1) is 8.22. The van der Waals surface area contributed by atoms with Crippen molar-refractivity contribution in [2.75, 3.05) is 5.73 Å². The number of halogens is 1. The maximum absolute atomic E-state index is 5.88. The first kappa shape index (κ1) is 11.8. The van der Waals surface area contributed by atoms with E-state index in [2.05, 4.69) is 15.4 Å². The number of rotatable bonds is 3. The second-order valence-corrected chi connectivity index (χ2v) is 3.91. The van der Waals surface area contributed by atoms with Crippen LogP contribution in [0.1, 0.15) is 17.2 Å². The molecule has 0 saturated carbocycles. The Labute approximate surface area is 104 Å². The summed E-state index contributed by atoms with van der Waals surface area (Å²) in [4.78, 5) is 8.05.